The van der Waals surface area contributed by atoms with Crippen LogP contribution in [-0.2, 0) is 0 Å². The van der Waals surface area contributed by atoms with Crippen LogP contribution in [0.4, 0.5) is 43.9 Å². The minimum atomic E-state index is -3.26. The molecule has 2 rings (SSSR count). The van der Waals surface area contributed by atoms with E-state index < -0.39 is 83.3 Å². The molecule has 0 saturated heterocycles. The van der Waals surface area contributed by atoms with Gasteiger partial charge in [-0.25, -0.2) is 43.9 Å². The van der Waals surface area contributed by atoms with Gasteiger partial charge >= 0.3 is 0 Å². The summed E-state index contributed by atoms with van der Waals surface area (Å²) < 4.78 is 124. The molecule has 0 aromatic heterocycles. The van der Waals surface area contributed by atoms with Crippen molar-refractivity contribution in [3.8, 4) is 0 Å². The van der Waals surface area contributed by atoms with Crippen molar-refractivity contribution in [2.45, 2.75) is 0 Å². The first kappa shape index (κ1) is 36.9. The highest BCUT2D eigenvalue weighted by molar-refractivity contribution is 6.55. The molecule has 0 bridgehead atoms. The van der Waals surface area contributed by atoms with Crippen LogP contribution in [-0.4, -0.2) is 14.2 Å². The Morgan fingerprint density at radius 3 is 0.562 bits per heavy atom. The Labute approximate surface area is 173 Å². The summed E-state index contributed by atoms with van der Waals surface area (Å²) in [5, 5.41) is 40.4. The molecule has 8 nitrogen and oxygen atoms in total. The molecule has 20 heteroatoms. The summed E-state index contributed by atoms with van der Waals surface area (Å²) in [7, 11) is -6.53. The number of hydrogen-bond donors (Lipinski definition) is 4. The Morgan fingerprint density at radius 2 is 0.438 bits per heavy atom. The average Bonchev–Trinajstić information content (AvgIpc) is 2.61. The van der Waals surface area contributed by atoms with E-state index in [1.54, 1.807) is 0 Å². The van der Waals surface area contributed by atoms with Gasteiger partial charge in [0.2, 0.25) is 0 Å². The fraction of sp³-hybridized carbons (Fsp3) is 0. The SMILES string of the molecule is [NH4+].[NH4+].[NH4+].[NH4+].[O-]B([O-])c1c(F)c(F)c(F)c(F)c1F.[O-]B([O-])c1c(F)c(F)c(F)c(F)c1F. The van der Waals surface area contributed by atoms with Gasteiger partial charge in [0.05, 0.1) is 0 Å². The van der Waals surface area contributed by atoms with Crippen molar-refractivity contribution in [2.24, 2.45) is 0 Å². The Balaban J connectivity index is -0.000000218. The molecule has 0 atom stereocenters. The van der Waals surface area contributed by atoms with E-state index in [0.717, 1.165) is 0 Å². The molecule has 16 N–H and O–H groups in total. The normalized spacial score (nSPS) is 9.19. The number of hydrogen-bond acceptors (Lipinski definition) is 4. The van der Waals surface area contributed by atoms with Crippen molar-refractivity contribution < 1.29 is 64.0 Å². The molecule has 0 radical (unpaired) electrons. The molecule has 184 valence electrons. The topological polar surface area (TPSA) is 238 Å². The molecular formula is C12H16B2F10N4O4. The van der Waals surface area contributed by atoms with Crippen LogP contribution in [0.15, 0.2) is 0 Å². The van der Waals surface area contributed by atoms with Crippen molar-refractivity contribution in [1.29, 1.82) is 0 Å². The van der Waals surface area contributed by atoms with E-state index in [2.05, 4.69) is 0 Å². The summed E-state index contributed by atoms with van der Waals surface area (Å²) in [6.45, 7) is 0. The van der Waals surface area contributed by atoms with Crippen LogP contribution in [0, 0.1) is 58.2 Å². The minimum absolute atomic E-state index is 0. The average molecular weight is 492 g/mol. The Hall–Kier alpha value is -2.45. The highest BCUT2D eigenvalue weighted by atomic mass is 19.2. The van der Waals surface area contributed by atoms with Gasteiger partial charge in [-0.1, -0.05) is 14.2 Å². The molecule has 0 saturated carbocycles. The Morgan fingerprint density at radius 1 is 0.312 bits per heavy atom. The monoisotopic (exact) mass is 492 g/mol. The first-order chi connectivity index (χ1) is 12.7. The van der Waals surface area contributed by atoms with Gasteiger partial charge in [-0.15, -0.1) is 0 Å². The van der Waals surface area contributed by atoms with E-state index in [-0.39, 0.29) is 24.6 Å². The third-order valence-corrected chi connectivity index (χ3v) is 2.96. The van der Waals surface area contributed by atoms with Crippen molar-refractivity contribution in [3.63, 3.8) is 0 Å². The third kappa shape index (κ3) is 6.77. The second-order valence-electron chi connectivity index (χ2n) is 4.63. The second kappa shape index (κ2) is 13.9. The van der Waals surface area contributed by atoms with Gasteiger partial charge in [0.1, 0.15) is 0 Å². The minimum Gasteiger partial charge on any atom is -0.889 e. The molecule has 0 unspecified atom stereocenters. The standard InChI is InChI=1S/2C6BF5O2.4H3N/c2*8-2-1(7(13)14)3(9)5(11)6(12)4(2)10;;;;/h;;4*1H3/q2*-2;;;;/p+4. The summed E-state index contributed by atoms with van der Waals surface area (Å²) in [6.07, 6.45) is 0. The zero-order chi connectivity index (χ0) is 22.1. The van der Waals surface area contributed by atoms with Gasteiger partial charge in [0.25, 0.3) is 0 Å². The zero-order valence-electron chi connectivity index (χ0n) is 16.6. The van der Waals surface area contributed by atoms with Gasteiger partial charge in [0.15, 0.2) is 58.2 Å². The number of benzene rings is 2. The maximum absolute atomic E-state index is 12.5. The smallest absolute Gasteiger partial charge is 0.200 e. The van der Waals surface area contributed by atoms with Gasteiger partial charge in [-0.3, -0.25) is 0 Å². The van der Waals surface area contributed by atoms with E-state index in [1.165, 1.54) is 0 Å². The van der Waals surface area contributed by atoms with E-state index >= 15 is 0 Å². The maximum atomic E-state index is 12.5. The second-order valence-corrected chi connectivity index (χ2v) is 4.63. The van der Waals surface area contributed by atoms with Crippen LogP contribution in [0.3, 0.4) is 0 Å². The van der Waals surface area contributed by atoms with Crippen LogP contribution >= 0.6 is 0 Å². The van der Waals surface area contributed by atoms with Crippen molar-refractivity contribution >= 4 is 25.2 Å². The predicted octanol–water partition coefficient (Wildman–Crippen LogP) is -0.899. The van der Waals surface area contributed by atoms with Crippen LogP contribution in [0.1, 0.15) is 0 Å². The molecule has 32 heavy (non-hydrogen) atoms. The van der Waals surface area contributed by atoms with Crippen molar-refractivity contribution in [3.05, 3.63) is 58.2 Å². The quantitative estimate of drug-likeness (QED) is 0.180. The Bertz CT molecular complexity index is 795. The van der Waals surface area contributed by atoms with Crippen molar-refractivity contribution in [2.75, 3.05) is 0 Å². The molecule has 0 spiro atoms. The number of quaternary nitrogens is 4. The molecule has 0 aliphatic rings. The fourth-order valence-corrected chi connectivity index (χ4v) is 1.66. The molecule has 0 fully saturated rings. The van der Waals surface area contributed by atoms with Crippen LogP contribution < -0.4 is 55.6 Å². The Kier molecular flexibility index (Phi) is 16.0. The van der Waals surface area contributed by atoms with Gasteiger partial charge in [0, 0.05) is 0 Å². The predicted molar refractivity (Wildman–Crippen MR) is 87.2 cm³/mol. The molecule has 0 heterocycles. The fourth-order valence-electron chi connectivity index (χ4n) is 1.66. The molecule has 0 amide bonds. The first-order valence-electron chi connectivity index (χ1n) is 6.41. The zero-order valence-corrected chi connectivity index (χ0v) is 16.6. The highest BCUT2D eigenvalue weighted by Gasteiger charge is 2.24. The number of rotatable bonds is 2. The van der Waals surface area contributed by atoms with E-state index in [4.69, 9.17) is 0 Å². The lowest BCUT2D eigenvalue weighted by atomic mass is 9.79. The molecule has 0 aliphatic heterocycles. The summed E-state index contributed by atoms with van der Waals surface area (Å²) in [6, 6.07) is 0. The van der Waals surface area contributed by atoms with Gasteiger partial charge in [-0.05, 0) is 10.9 Å². The van der Waals surface area contributed by atoms with Crippen LogP contribution in [0.5, 0.6) is 0 Å². The van der Waals surface area contributed by atoms with Crippen LogP contribution in [0.25, 0.3) is 0 Å². The summed E-state index contributed by atoms with van der Waals surface area (Å²) in [5.74, 6) is -23.5. The van der Waals surface area contributed by atoms with Crippen LogP contribution in [0.2, 0.25) is 0 Å². The van der Waals surface area contributed by atoms with Gasteiger partial charge < -0.3 is 44.7 Å². The lowest BCUT2D eigenvalue weighted by Crippen LogP contribution is -2.58. The van der Waals surface area contributed by atoms with Gasteiger partial charge in [-0.2, -0.15) is 0 Å². The third-order valence-electron chi connectivity index (χ3n) is 2.96. The molecule has 2 aromatic rings. The first-order valence-corrected chi connectivity index (χ1v) is 6.41. The summed E-state index contributed by atoms with van der Waals surface area (Å²) in [5.41, 5.74) is -3.78. The summed E-state index contributed by atoms with van der Waals surface area (Å²) >= 11 is 0. The lowest BCUT2D eigenvalue weighted by Gasteiger charge is -2.27. The molecular weight excluding hydrogens is 476 g/mol. The van der Waals surface area contributed by atoms with Crippen molar-refractivity contribution in [1.82, 2.24) is 24.6 Å². The van der Waals surface area contributed by atoms with E-state index in [0.29, 0.717) is 0 Å². The molecule has 2 aromatic carbocycles. The molecule has 0 aliphatic carbocycles. The van der Waals surface area contributed by atoms with E-state index in [1.807, 2.05) is 0 Å². The number of halogens is 10. The van der Waals surface area contributed by atoms with E-state index in [9.17, 15) is 64.0 Å². The lowest BCUT2D eigenvalue weighted by molar-refractivity contribution is -0.343. The summed E-state index contributed by atoms with van der Waals surface area (Å²) in [4.78, 5) is 0. The largest absolute Gasteiger partial charge is 0.889 e. The highest BCUT2D eigenvalue weighted by Crippen LogP contribution is 2.16. The maximum Gasteiger partial charge on any atom is 0.200 e.